The number of rotatable bonds is 3. The SMILES string of the molecule is CCN1CCC(N2CC[C@@H](c3ncc(C)[nH]3)C2)CC1. The van der Waals surface area contributed by atoms with Crippen LogP contribution >= 0.6 is 0 Å². The van der Waals surface area contributed by atoms with Gasteiger partial charge in [0, 0.05) is 30.4 Å². The van der Waals surface area contributed by atoms with Crippen LogP contribution < -0.4 is 0 Å². The molecule has 0 spiro atoms. The average Bonchev–Trinajstić information content (AvgIpc) is 3.07. The van der Waals surface area contributed by atoms with Crippen LogP contribution in [0.25, 0.3) is 0 Å². The van der Waals surface area contributed by atoms with E-state index in [9.17, 15) is 0 Å². The van der Waals surface area contributed by atoms with Gasteiger partial charge in [0.15, 0.2) is 0 Å². The standard InChI is InChI=1S/C15H26N4/c1-3-18-7-5-14(6-8-18)19-9-4-13(11-19)15-16-10-12(2)17-15/h10,13-14H,3-9,11H2,1-2H3,(H,16,17)/t13-/m1/s1. The van der Waals surface area contributed by atoms with Gasteiger partial charge in [-0.3, -0.25) is 4.90 Å². The van der Waals surface area contributed by atoms with Gasteiger partial charge in [-0.1, -0.05) is 6.92 Å². The number of nitrogens with zero attached hydrogens (tertiary/aromatic N) is 3. The molecule has 1 atom stereocenters. The Labute approximate surface area is 116 Å². The molecule has 2 aliphatic rings. The van der Waals surface area contributed by atoms with Crippen LogP contribution in [0.4, 0.5) is 0 Å². The van der Waals surface area contributed by atoms with Crippen molar-refractivity contribution in [1.82, 2.24) is 19.8 Å². The van der Waals surface area contributed by atoms with Crippen molar-refractivity contribution in [2.24, 2.45) is 0 Å². The Balaban J connectivity index is 1.54. The van der Waals surface area contributed by atoms with Crippen LogP contribution in [0.2, 0.25) is 0 Å². The van der Waals surface area contributed by atoms with E-state index in [1.807, 2.05) is 6.20 Å². The second-order valence-electron chi connectivity index (χ2n) is 6.10. The van der Waals surface area contributed by atoms with E-state index < -0.39 is 0 Å². The number of aromatic amines is 1. The molecule has 4 heteroatoms. The van der Waals surface area contributed by atoms with Crippen molar-refractivity contribution in [2.45, 2.75) is 45.1 Å². The molecule has 1 aromatic rings. The van der Waals surface area contributed by atoms with Crippen LogP contribution in [0, 0.1) is 6.92 Å². The molecule has 0 amide bonds. The van der Waals surface area contributed by atoms with Gasteiger partial charge in [0.25, 0.3) is 0 Å². The summed E-state index contributed by atoms with van der Waals surface area (Å²) in [6.45, 7) is 10.6. The van der Waals surface area contributed by atoms with E-state index in [0.29, 0.717) is 5.92 Å². The smallest absolute Gasteiger partial charge is 0.110 e. The van der Waals surface area contributed by atoms with E-state index in [1.54, 1.807) is 0 Å². The molecule has 0 unspecified atom stereocenters. The van der Waals surface area contributed by atoms with E-state index >= 15 is 0 Å². The van der Waals surface area contributed by atoms with Crippen molar-refractivity contribution in [3.8, 4) is 0 Å². The molecule has 19 heavy (non-hydrogen) atoms. The highest BCUT2D eigenvalue weighted by atomic mass is 15.2. The number of imidazole rings is 1. The van der Waals surface area contributed by atoms with Gasteiger partial charge in [-0.15, -0.1) is 0 Å². The summed E-state index contributed by atoms with van der Waals surface area (Å²) in [5.74, 6) is 1.82. The molecule has 3 rings (SSSR count). The van der Waals surface area contributed by atoms with E-state index in [-0.39, 0.29) is 0 Å². The van der Waals surface area contributed by atoms with Crippen molar-refractivity contribution in [1.29, 1.82) is 0 Å². The Hall–Kier alpha value is -0.870. The second-order valence-corrected chi connectivity index (χ2v) is 6.10. The third kappa shape index (κ3) is 2.84. The fourth-order valence-electron chi connectivity index (χ4n) is 3.58. The summed E-state index contributed by atoms with van der Waals surface area (Å²) in [6.07, 6.45) is 5.91. The van der Waals surface area contributed by atoms with Crippen LogP contribution in [0.1, 0.15) is 43.6 Å². The Bertz CT molecular complexity index is 406. The molecule has 0 aromatic carbocycles. The average molecular weight is 262 g/mol. The second kappa shape index (κ2) is 5.63. The number of aromatic nitrogens is 2. The highest BCUT2D eigenvalue weighted by Crippen LogP contribution is 2.29. The normalized spacial score (nSPS) is 27.2. The zero-order chi connectivity index (χ0) is 13.2. The quantitative estimate of drug-likeness (QED) is 0.905. The monoisotopic (exact) mass is 262 g/mol. The number of piperidine rings is 1. The van der Waals surface area contributed by atoms with E-state index in [2.05, 4.69) is 33.6 Å². The Morgan fingerprint density at radius 1 is 1.26 bits per heavy atom. The van der Waals surface area contributed by atoms with Crippen LogP contribution in [0.5, 0.6) is 0 Å². The Kier molecular flexibility index (Phi) is 3.89. The number of hydrogen-bond acceptors (Lipinski definition) is 3. The molecule has 1 aromatic heterocycles. The number of likely N-dealkylation sites (tertiary alicyclic amines) is 2. The molecule has 2 fully saturated rings. The van der Waals surface area contributed by atoms with Crippen molar-refractivity contribution in [3.05, 3.63) is 17.7 Å². The molecular formula is C15H26N4. The maximum absolute atomic E-state index is 4.51. The maximum atomic E-state index is 4.51. The predicted molar refractivity (Wildman–Crippen MR) is 77.4 cm³/mol. The van der Waals surface area contributed by atoms with Gasteiger partial charge in [-0.25, -0.2) is 4.98 Å². The molecule has 0 radical (unpaired) electrons. The number of aryl methyl sites for hydroxylation is 1. The molecule has 0 aliphatic carbocycles. The molecule has 2 aliphatic heterocycles. The van der Waals surface area contributed by atoms with Gasteiger partial charge in [0.2, 0.25) is 0 Å². The first kappa shape index (κ1) is 13.1. The van der Waals surface area contributed by atoms with Gasteiger partial charge in [0.1, 0.15) is 5.82 Å². The van der Waals surface area contributed by atoms with Gasteiger partial charge >= 0.3 is 0 Å². The first-order valence-electron chi connectivity index (χ1n) is 7.74. The van der Waals surface area contributed by atoms with Crippen LogP contribution in [0.15, 0.2) is 6.20 Å². The zero-order valence-electron chi connectivity index (χ0n) is 12.2. The highest BCUT2D eigenvalue weighted by molar-refractivity contribution is 5.07. The topological polar surface area (TPSA) is 35.2 Å². The van der Waals surface area contributed by atoms with Crippen molar-refractivity contribution >= 4 is 0 Å². The van der Waals surface area contributed by atoms with Gasteiger partial charge in [0.05, 0.1) is 0 Å². The zero-order valence-corrected chi connectivity index (χ0v) is 12.2. The van der Waals surface area contributed by atoms with Crippen LogP contribution in [0.3, 0.4) is 0 Å². The van der Waals surface area contributed by atoms with E-state index in [0.717, 1.165) is 6.04 Å². The van der Waals surface area contributed by atoms with E-state index in [1.165, 1.54) is 63.5 Å². The molecule has 4 nitrogen and oxygen atoms in total. The summed E-state index contributed by atoms with van der Waals surface area (Å²) in [6, 6.07) is 0.809. The first-order valence-corrected chi connectivity index (χ1v) is 7.74. The minimum Gasteiger partial charge on any atom is -0.346 e. The van der Waals surface area contributed by atoms with Crippen LogP contribution in [-0.2, 0) is 0 Å². The fraction of sp³-hybridized carbons (Fsp3) is 0.800. The lowest BCUT2D eigenvalue weighted by Gasteiger charge is -2.36. The predicted octanol–water partition coefficient (Wildman–Crippen LogP) is 1.99. The number of nitrogens with one attached hydrogen (secondary N) is 1. The third-order valence-electron chi connectivity index (χ3n) is 4.85. The largest absolute Gasteiger partial charge is 0.346 e. The van der Waals surface area contributed by atoms with Crippen molar-refractivity contribution < 1.29 is 0 Å². The maximum Gasteiger partial charge on any atom is 0.110 e. The number of H-pyrrole nitrogens is 1. The van der Waals surface area contributed by atoms with Gasteiger partial charge < -0.3 is 9.88 Å². The molecule has 3 heterocycles. The van der Waals surface area contributed by atoms with Crippen LogP contribution in [-0.4, -0.2) is 58.5 Å². The Morgan fingerprint density at radius 2 is 2.05 bits per heavy atom. The Morgan fingerprint density at radius 3 is 2.68 bits per heavy atom. The lowest BCUT2D eigenvalue weighted by Crippen LogP contribution is -2.43. The minimum atomic E-state index is 0.623. The molecule has 0 bridgehead atoms. The summed E-state index contributed by atoms with van der Waals surface area (Å²) in [5.41, 5.74) is 1.18. The molecule has 1 N–H and O–H groups in total. The third-order valence-corrected chi connectivity index (χ3v) is 4.85. The van der Waals surface area contributed by atoms with Gasteiger partial charge in [-0.05, 0) is 52.4 Å². The summed E-state index contributed by atoms with van der Waals surface area (Å²) >= 11 is 0. The summed E-state index contributed by atoms with van der Waals surface area (Å²) in [5, 5.41) is 0. The van der Waals surface area contributed by atoms with Crippen molar-refractivity contribution in [3.63, 3.8) is 0 Å². The molecule has 106 valence electrons. The lowest BCUT2D eigenvalue weighted by molar-refractivity contribution is 0.129. The highest BCUT2D eigenvalue weighted by Gasteiger charge is 2.32. The first-order chi connectivity index (χ1) is 9.26. The lowest BCUT2D eigenvalue weighted by atomic mass is 10.0. The summed E-state index contributed by atoms with van der Waals surface area (Å²) < 4.78 is 0. The summed E-state index contributed by atoms with van der Waals surface area (Å²) in [7, 11) is 0. The van der Waals surface area contributed by atoms with E-state index in [4.69, 9.17) is 0 Å². The van der Waals surface area contributed by atoms with Gasteiger partial charge in [-0.2, -0.15) is 0 Å². The summed E-state index contributed by atoms with van der Waals surface area (Å²) in [4.78, 5) is 13.2. The fourth-order valence-corrected chi connectivity index (χ4v) is 3.58. The molecule has 2 saturated heterocycles. The van der Waals surface area contributed by atoms with Crippen molar-refractivity contribution in [2.75, 3.05) is 32.7 Å². The molecule has 0 saturated carbocycles. The number of hydrogen-bond donors (Lipinski definition) is 1. The molecular weight excluding hydrogens is 236 g/mol. The minimum absolute atomic E-state index is 0.623.